The molecule has 2 amide bonds. The number of hydrogen-bond acceptors (Lipinski definition) is 6. The lowest BCUT2D eigenvalue weighted by Gasteiger charge is -2.43. The van der Waals surface area contributed by atoms with Crippen molar-refractivity contribution in [2.75, 3.05) is 25.0 Å². The second-order valence-electron chi connectivity index (χ2n) is 9.78. The third kappa shape index (κ3) is 4.71. The molecular formula is C27H32N6O2. The molecule has 0 spiro atoms. The van der Waals surface area contributed by atoms with Crippen LogP contribution in [0.25, 0.3) is 10.9 Å². The van der Waals surface area contributed by atoms with Gasteiger partial charge in [-0.15, -0.1) is 0 Å². The highest BCUT2D eigenvalue weighted by molar-refractivity contribution is 5.92. The minimum absolute atomic E-state index is 0.0412. The molecule has 1 saturated heterocycles. The van der Waals surface area contributed by atoms with Crippen molar-refractivity contribution in [2.24, 2.45) is 5.92 Å². The molecule has 2 aromatic carbocycles. The van der Waals surface area contributed by atoms with Crippen LogP contribution in [0.1, 0.15) is 38.1 Å². The standard InChI is InChI=1S/C27H32N6O2/c1-17(2)24-26(34)30-23-16-33(27(35)18(3)19-9-5-4-6-10-19)14-13-32(23)15-22-28-21-12-8-7-11-20(21)25(29-22)31-24/h4-12,17-18,23-24H,13-16H2,1-3H3,(H,30,34)(H,28,29,31)/t18?,23?,24-/m0/s1. The summed E-state index contributed by atoms with van der Waals surface area (Å²) in [4.78, 5) is 40.5. The monoisotopic (exact) mass is 472 g/mol. The summed E-state index contributed by atoms with van der Waals surface area (Å²) >= 11 is 0. The van der Waals surface area contributed by atoms with Crippen LogP contribution in [-0.4, -0.2) is 63.4 Å². The highest BCUT2D eigenvalue weighted by atomic mass is 16.2. The number of amides is 2. The number of piperazine rings is 1. The zero-order valence-corrected chi connectivity index (χ0v) is 20.4. The number of hydrogen-bond donors (Lipinski definition) is 2. The van der Waals surface area contributed by atoms with Crippen LogP contribution in [0, 0.1) is 5.92 Å². The molecule has 0 aliphatic carbocycles. The number of para-hydroxylation sites is 1. The Bertz CT molecular complexity index is 1230. The normalized spacial score (nSPS) is 21.7. The van der Waals surface area contributed by atoms with E-state index in [0.29, 0.717) is 37.8 Å². The number of benzene rings is 2. The lowest BCUT2D eigenvalue weighted by Crippen LogP contribution is -2.63. The van der Waals surface area contributed by atoms with Crippen molar-refractivity contribution in [1.29, 1.82) is 0 Å². The second-order valence-corrected chi connectivity index (χ2v) is 9.78. The first-order chi connectivity index (χ1) is 16.9. The zero-order chi connectivity index (χ0) is 24.5. The Kier molecular flexibility index (Phi) is 6.38. The van der Waals surface area contributed by atoms with E-state index in [0.717, 1.165) is 16.5 Å². The fourth-order valence-electron chi connectivity index (χ4n) is 4.93. The van der Waals surface area contributed by atoms with Crippen LogP contribution < -0.4 is 10.6 Å². The van der Waals surface area contributed by atoms with Gasteiger partial charge >= 0.3 is 0 Å². The number of anilines is 1. The van der Waals surface area contributed by atoms with Gasteiger partial charge < -0.3 is 15.5 Å². The Morgan fingerprint density at radius 2 is 1.71 bits per heavy atom. The molecule has 8 heteroatoms. The van der Waals surface area contributed by atoms with Gasteiger partial charge in [0.1, 0.15) is 23.8 Å². The third-order valence-corrected chi connectivity index (χ3v) is 7.02. The van der Waals surface area contributed by atoms with Crippen LogP contribution in [0.15, 0.2) is 54.6 Å². The fraction of sp³-hybridized carbons (Fsp3) is 0.407. The van der Waals surface area contributed by atoms with Gasteiger partial charge in [0.25, 0.3) is 0 Å². The van der Waals surface area contributed by atoms with Crippen molar-refractivity contribution in [3.8, 4) is 0 Å². The first-order valence-corrected chi connectivity index (χ1v) is 12.3. The molecule has 1 aromatic heterocycles. The van der Waals surface area contributed by atoms with E-state index in [9.17, 15) is 9.59 Å². The molecule has 1 fully saturated rings. The molecule has 2 N–H and O–H groups in total. The van der Waals surface area contributed by atoms with Crippen LogP contribution in [0.3, 0.4) is 0 Å². The van der Waals surface area contributed by atoms with Gasteiger partial charge in [0.2, 0.25) is 11.8 Å². The van der Waals surface area contributed by atoms with E-state index in [2.05, 4.69) is 15.5 Å². The zero-order valence-electron chi connectivity index (χ0n) is 20.4. The average Bonchev–Trinajstić information content (AvgIpc) is 2.87. The maximum Gasteiger partial charge on any atom is 0.244 e. The lowest BCUT2D eigenvalue weighted by atomic mass is 9.99. The van der Waals surface area contributed by atoms with Crippen LogP contribution in [0.5, 0.6) is 0 Å². The predicted molar refractivity (Wildman–Crippen MR) is 136 cm³/mol. The van der Waals surface area contributed by atoms with Crippen LogP contribution in [0.4, 0.5) is 5.82 Å². The minimum atomic E-state index is -0.463. The van der Waals surface area contributed by atoms with E-state index < -0.39 is 6.04 Å². The first-order valence-electron chi connectivity index (χ1n) is 12.3. The molecule has 35 heavy (non-hydrogen) atoms. The smallest absolute Gasteiger partial charge is 0.244 e. The minimum Gasteiger partial charge on any atom is -0.358 e. The molecule has 5 rings (SSSR count). The molecule has 2 bridgehead atoms. The van der Waals surface area contributed by atoms with Gasteiger partial charge in [-0.05, 0) is 30.5 Å². The maximum absolute atomic E-state index is 13.4. The number of aromatic nitrogens is 2. The third-order valence-electron chi connectivity index (χ3n) is 7.02. The van der Waals surface area contributed by atoms with Gasteiger partial charge in [0.05, 0.1) is 24.5 Å². The molecule has 2 aliphatic rings. The van der Waals surface area contributed by atoms with E-state index in [4.69, 9.17) is 9.97 Å². The maximum atomic E-state index is 13.4. The van der Waals surface area contributed by atoms with Gasteiger partial charge in [-0.2, -0.15) is 0 Å². The highest BCUT2D eigenvalue weighted by Gasteiger charge is 2.36. The number of nitrogens with one attached hydrogen (secondary N) is 2. The molecule has 2 aliphatic heterocycles. The summed E-state index contributed by atoms with van der Waals surface area (Å²) < 4.78 is 0. The topological polar surface area (TPSA) is 90.5 Å². The molecule has 8 nitrogen and oxygen atoms in total. The molecular weight excluding hydrogens is 440 g/mol. The molecule has 2 unspecified atom stereocenters. The van der Waals surface area contributed by atoms with Crippen LogP contribution >= 0.6 is 0 Å². The van der Waals surface area contributed by atoms with Crippen molar-refractivity contribution in [1.82, 2.24) is 25.1 Å². The van der Waals surface area contributed by atoms with Crippen molar-refractivity contribution in [2.45, 2.75) is 45.4 Å². The Morgan fingerprint density at radius 1 is 0.971 bits per heavy atom. The first kappa shape index (κ1) is 23.2. The van der Waals surface area contributed by atoms with E-state index >= 15 is 0 Å². The second kappa shape index (κ2) is 9.62. The molecule has 182 valence electrons. The van der Waals surface area contributed by atoms with E-state index in [1.807, 2.05) is 80.3 Å². The Morgan fingerprint density at radius 3 is 2.49 bits per heavy atom. The van der Waals surface area contributed by atoms with Crippen LogP contribution in [0.2, 0.25) is 0 Å². The molecule has 0 saturated carbocycles. The van der Waals surface area contributed by atoms with Crippen LogP contribution in [-0.2, 0) is 16.1 Å². The summed E-state index contributed by atoms with van der Waals surface area (Å²) in [6, 6.07) is 17.2. The van der Waals surface area contributed by atoms with Crippen molar-refractivity contribution >= 4 is 28.5 Å². The van der Waals surface area contributed by atoms with Gasteiger partial charge in [0, 0.05) is 18.5 Å². The summed E-state index contributed by atoms with van der Waals surface area (Å²) in [5, 5.41) is 7.51. The van der Waals surface area contributed by atoms with E-state index in [1.165, 1.54) is 0 Å². The van der Waals surface area contributed by atoms with Gasteiger partial charge in [0.15, 0.2) is 0 Å². The Hall–Kier alpha value is -3.52. The summed E-state index contributed by atoms with van der Waals surface area (Å²) in [6.45, 7) is 8.12. The van der Waals surface area contributed by atoms with E-state index in [-0.39, 0.29) is 29.8 Å². The summed E-state index contributed by atoms with van der Waals surface area (Å²) in [7, 11) is 0. The van der Waals surface area contributed by atoms with Crippen molar-refractivity contribution in [3.63, 3.8) is 0 Å². The summed E-state index contributed by atoms with van der Waals surface area (Å²) in [5.74, 6) is 1.17. The largest absolute Gasteiger partial charge is 0.358 e. The fourth-order valence-corrected chi connectivity index (χ4v) is 4.93. The SMILES string of the molecule is CC(C(=O)N1CCN2Cc3nc(c4ccccc4n3)N[C@@H](C(C)C)C(=O)NC2C1)c1ccccc1. The highest BCUT2D eigenvalue weighted by Crippen LogP contribution is 2.25. The lowest BCUT2D eigenvalue weighted by molar-refractivity contribution is -0.138. The number of carbonyl (C=O) groups excluding carboxylic acids is 2. The molecule has 0 radical (unpaired) electrons. The van der Waals surface area contributed by atoms with Gasteiger partial charge in [-0.25, -0.2) is 9.97 Å². The number of fused-ring (bicyclic) bond motifs is 5. The summed E-state index contributed by atoms with van der Waals surface area (Å²) in [6.07, 6.45) is -0.317. The van der Waals surface area contributed by atoms with Crippen molar-refractivity contribution < 1.29 is 9.59 Å². The average molecular weight is 473 g/mol. The molecule has 3 heterocycles. The molecule has 3 atom stereocenters. The predicted octanol–water partition coefficient (Wildman–Crippen LogP) is 2.97. The summed E-state index contributed by atoms with van der Waals surface area (Å²) in [5.41, 5.74) is 1.85. The van der Waals surface area contributed by atoms with Gasteiger partial charge in [-0.1, -0.05) is 56.3 Å². The number of rotatable bonds is 3. The molecule has 3 aromatic rings. The Labute approximate surface area is 205 Å². The van der Waals surface area contributed by atoms with Crippen molar-refractivity contribution in [3.05, 3.63) is 66.0 Å². The Balaban J connectivity index is 1.45. The number of carbonyl (C=O) groups is 2. The quantitative estimate of drug-likeness (QED) is 0.609. The van der Waals surface area contributed by atoms with E-state index in [1.54, 1.807) is 0 Å². The van der Waals surface area contributed by atoms with Gasteiger partial charge in [-0.3, -0.25) is 14.5 Å². The number of nitrogens with zero attached hydrogens (tertiary/aromatic N) is 4.